The fourth-order valence-corrected chi connectivity index (χ4v) is 1.80. The molecule has 4 nitrogen and oxygen atoms in total. The van der Waals surface area contributed by atoms with E-state index >= 15 is 0 Å². The van der Waals surface area contributed by atoms with Crippen LogP contribution in [-0.4, -0.2) is 30.1 Å². The highest BCUT2D eigenvalue weighted by Crippen LogP contribution is 2.26. The van der Waals surface area contributed by atoms with Crippen LogP contribution in [0.4, 0.5) is 4.79 Å². The van der Waals surface area contributed by atoms with Crippen LogP contribution in [0.2, 0.25) is 0 Å². The van der Waals surface area contributed by atoms with Gasteiger partial charge in [-0.3, -0.25) is 0 Å². The third-order valence-corrected chi connectivity index (χ3v) is 2.51. The van der Waals surface area contributed by atoms with Crippen molar-refractivity contribution in [2.45, 2.75) is 51.4 Å². The summed E-state index contributed by atoms with van der Waals surface area (Å²) in [6.07, 6.45) is 3.59. The molecular formula is C10H19NO3S. The van der Waals surface area contributed by atoms with E-state index in [0.29, 0.717) is 0 Å². The van der Waals surface area contributed by atoms with Gasteiger partial charge in [0.15, 0.2) is 0 Å². The van der Waals surface area contributed by atoms with Gasteiger partial charge in [-0.15, -0.1) is 0 Å². The van der Waals surface area contributed by atoms with Crippen molar-refractivity contribution in [3.63, 3.8) is 0 Å². The Kier molecular flexibility index (Phi) is 4.28. The van der Waals surface area contributed by atoms with Crippen molar-refractivity contribution >= 4 is 18.1 Å². The summed E-state index contributed by atoms with van der Waals surface area (Å²) in [6.45, 7) is 5.56. The summed E-state index contributed by atoms with van der Waals surface area (Å²) in [7, 11) is 0. The topological polar surface area (TPSA) is 47.6 Å². The van der Waals surface area contributed by atoms with Crippen LogP contribution < -0.4 is 5.32 Å². The Bertz CT molecular complexity index is 221. The number of alkyl carbamates (subject to hydrolysis) is 1. The maximum atomic E-state index is 11.3. The summed E-state index contributed by atoms with van der Waals surface area (Å²) in [4.78, 5) is 11.3. The van der Waals surface area contributed by atoms with Crippen molar-refractivity contribution in [3.8, 4) is 0 Å². The van der Waals surface area contributed by atoms with Gasteiger partial charge in [0.05, 0.1) is 6.10 Å². The molecule has 1 N–H and O–H groups in total. The predicted molar refractivity (Wildman–Crippen MR) is 60.8 cm³/mol. The second kappa shape index (κ2) is 5.07. The molecule has 5 heteroatoms. The molecule has 0 spiro atoms. The summed E-state index contributed by atoms with van der Waals surface area (Å²) < 4.78 is 10.5. The number of carbonyl (C=O) groups is 1. The molecular weight excluding hydrogens is 214 g/mol. The lowest BCUT2D eigenvalue weighted by molar-refractivity contribution is 0.0394. The maximum Gasteiger partial charge on any atom is 0.407 e. The van der Waals surface area contributed by atoms with Gasteiger partial charge in [0, 0.05) is 12.3 Å². The van der Waals surface area contributed by atoms with Crippen LogP contribution in [0, 0.1) is 0 Å². The van der Waals surface area contributed by atoms with E-state index in [0.717, 1.165) is 12.8 Å². The minimum absolute atomic E-state index is 0.206. The van der Waals surface area contributed by atoms with Gasteiger partial charge >= 0.3 is 6.09 Å². The van der Waals surface area contributed by atoms with Crippen LogP contribution in [0.15, 0.2) is 0 Å². The van der Waals surface area contributed by atoms with Crippen molar-refractivity contribution in [1.29, 1.82) is 0 Å². The van der Waals surface area contributed by atoms with Gasteiger partial charge in [0.1, 0.15) is 5.60 Å². The number of rotatable bonds is 3. The Balaban J connectivity index is 2.14. The molecule has 1 aliphatic carbocycles. The SMILES string of the molecule is CSOC1CC(NC(=O)OC(C)(C)C)C1. The van der Waals surface area contributed by atoms with E-state index < -0.39 is 5.60 Å². The lowest BCUT2D eigenvalue weighted by Gasteiger charge is -2.34. The average Bonchev–Trinajstić information content (AvgIpc) is 1.97. The zero-order chi connectivity index (χ0) is 11.5. The van der Waals surface area contributed by atoms with Crippen LogP contribution in [-0.2, 0) is 8.92 Å². The average molecular weight is 233 g/mol. The first-order chi connectivity index (χ1) is 6.90. The van der Waals surface area contributed by atoms with E-state index in [1.165, 1.54) is 12.0 Å². The molecule has 0 unspecified atom stereocenters. The molecule has 0 aromatic heterocycles. The molecule has 0 heterocycles. The van der Waals surface area contributed by atoms with Crippen molar-refractivity contribution in [2.24, 2.45) is 0 Å². The molecule has 0 radical (unpaired) electrons. The molecule has 1 amide bonds. The summed E-state index contributed by atoms with van der Waals surface area (Å²) >= 11 is 1.37. The highest BCUT2D eigenvalue weighted by atomic mass is 32.2. The van der Waals surface area contributed by atoms with Gasteiger partial charge in [-0.2, -0.15) is 0 Å². The first kappa shape index (κ1) is 12.6. The quantitative estimate of drug-likeness (QED) is 0.760. The normalized spacial score (nSPS) is 25.6. The Morgan fingerprint density at radius 3 is 2.47 bits per heavy atom. The highest BCUT2D eigenvalue weighted by molar-refractivity contribution is 7.93. The fourth-order valence-electron chi connectivity index (χ4n) is 1.37. The van der Waals surface area contributed by atoms with Gasteiger partial charge in [-0.05, 0) is 45.7 Å². The van der Waals surface area contributed by atoms with Gasteiger partial charge < -0.3 is 14.2 Å². The van der Waals surface area contributed by atoms with Crippen LogP contribution in [0.5, 0.6) is 0 Å². The van der Waals surface area contributed by atoms with Gasteiger partial charge in [-0.1, -0.05) is 0 Å². The molecule has 1 saturated carbocycles. The first-order valence-corrected chi connectivity index (χ1v) is 6.24. The van der Waals surface area contributed by atoms with E-state index in [1.807, 2.05) is 27.0 Å². The number of hydrogen-bond acceptors (Lipinski definition) is 4. The van der Waals surface area contributed by atoms with E-state index in [-0.39, 0.29) is 18.2 Å². The summed E-state index contributed by atoms with van der Waals surface area (Å²) in [5.74, 6) is 0. The number of amides is 1. The third-order valence-electron chi connectivity index (χ3n) is 2.05. The Morgan fingerprint density at radius 2 is 2.00 bits per heavy atom. The first-order valence-electron chi connectivity index (χ1n) is 5.09. The Morgan fingerprint density at radius 1 is 1.40 bits per heavy atom. The van der Waals surface area contributed by atoms with Gasteiger partial charge in [-0.25, -0.2) is 4.79 Å². The predicted octanol–water partition coefficient (Wildman–Crippen LogP) is 2.34. The zero-order valence-electron chi connectivity index (χ0n) is 9.70. The Labute approximate surface area is 95.3 Å². The molecule has 0 aromatic carbocycles. The molecule has 1 fully saturated rings. The number of nitrogens with one attached hydrogen (secondary N) is 1. The van der Waals surface area contributed by atoms with Gasteiger partial charge in [0.25, 0.3) is 0 Å². The number of hydrogen-bond donors (Lipinski definition) is 1. The summed E-state index contributed by atoms with van der Waals surface area (Å²) in [5.41, 5.74) is -0.428. The van der Waals surface area contributed by atoms with Crippen molar-refractivity contribution in [2.75, 3.05) is 6.26 Å². The standard InChI is InChI=1S/C10H19NO3S/c1-10(2,3)13-9(12)11-7-5-8(6-7)14-15-4/h7-8H,5-6H2,1-4H3,(H,11,12). The lowest BCUT2D eigenvalue weighted by atomic mass is 9.90. The molecule has 88 valence electrons. The maximum absolute atomic E-state index is 11.3. The molecule has 0 bridgehead atoms. The molecule has 0 aliphatic heterocycles. The highest BCUT2D eigenvalue weighted by Gasteiger charge is 2.32. The molecule has 1 rings (SSSR count). The summed E-state index contributed by atoms with van der Waals surface area (Å²) in [5, 5.41) is 2.81. The smallest absolute Gasteiger partial charge is 0.407 e. The van der Waals surface area contributed by atoms with E-state index in [1.54, 1.807) is 0 Å². The number of ether oxygens (including phenoxy) is 1. The minimum atomic E-state index is -0.428. The molecule has 1 aliphatic rings. The van der Waals surface area contributed by atoms with Crippen LogP contribution in [0.3, 0.4) is 0 Å². The van der Waals surface area contributed by atoms with Crippen LogP contribution in [0.1, 0.15) is 33.6 Å². The van der Waals surface area contributed by atoms with E-state index in [2.05, 4.69) is 5.32 Å². The summed E-state index contributed by atoms with van der Waals surface area (Å²) in [6, 6.07) is 0.206. The van der Waals surface area contributed by atoms with E-state index in [9.17, 15) is 4.79 Å². The van der Waals surface area contributed by atoms with Crippen LogP contribution in [0.25, 0.3) is 0 Å². The molecule has 0 atom stereocenters. The zero-order valence-corrected chi connectivity index (χ0v) is 10.5. The van der Waals surface area contributed by atoms with Gasteiger partial charge in [0.2, 0.25) is 0 Å². The van der Waals surface area contributed by atoms with Crippen molar-refractivity contribution in [1.82, 2.24) is 5.32 Å². The molecule has 0 saturated heterocycles. The van der Waals surface area contributed by atoms with Crippen molar-refractivity contribution < 1.29 is 13.7 Å². The van der Waals surface area contributed by atoms with E-state index in [4.69, 9.17) is 8.92 Å². The second-order valence-electron chi connectivity index (χ2n) is 4.70. The largest absolute Gasteiger partial charge is 0.444 e. The van der Waals surface area contributed by atoms with Crippen LogP contribution >= 0.6 is 12.0 Å². The lowest BCUT2D eigenvalue weighted by Crippen LogP contribution is -2.48. The second-order valence-corrected chi connectivity index (χ2v) is 5.23. The Hall–Kier alpha value is -0.420. The molecule has 0 aromatic rings. The molecule has 15 heavy (non-hydrogen) atoms. The number of carbonyl (C=O) groups excluding carboxylic acids is 1. The third kappa shape index (κ3) is 4.75. The van der Waals surface area contributed by atoms with Crippen molar-refractivity contribution in [3.05, 3.63) is 0 Å². The fraction of sp³-hybridized carbons (Fsp3) is 0.900. The monoisotopic (exact) mass is 233 g/mol. The minimum Gasteiger partial charge on any atom is -0.444 e.